The summed E-state index contributed by atoms with van der Waals surface area (Å²) in [5.74, 6) is 0.559. The lowest BCUT2D eigenvalue weighted by Crippen LogP contribution is -2.08. The van der Waals surface area contributed by atoms with Gasteiger partial charge in [0.05, 0.1) is 0 Å². The molecule has 0 aromatic carbocycles. The Morgan fingerprint density at radius 1 is 1.50 bits per heavy atom. The van der Waals surface area contributed by atoms with E-state index in [0.29, 0.717) is 29.4 Å². The fourth-order valence-electron chi connectivity index (χ4n) is 1.65. The molecule has 0 atom stereocenters. The molecule has 1 aromatic rings. The van der Waals surface area contributed by atoms with Crippen LogP contribution >= 0.6 is 12.4 Å². The molecule has 0 amide bonds. The highest BCUT2D eigenvalue weighted by molar-refractivity contribution is 5.91. The molecule has 0 aliphatic rings. The quantitative estimate of drug-likeness (QED) is 0.856. The normalized spacial score (nSPS) is 10.3. The van der Waals surface area contributed by atoms with Crippen molar-refractivity contribution < 1.29 is 14.3 Å². The van der Waals surface area contributed by atoms with Crippen LogP contribution in [0.3, 0.4) is 0 Å². The van der Waals surface area contributed by atoms with Crippen molar-refractivity contribution in [1.29, 1.82) is 0 Å². The van der Waals surface area contributed by atoms with E-state index in [1.807, 2.05) is 13.8 Å². The third-order valence-electron chi connectivity index (χ3n) is 2.29. The SMILES string of the molecule is Cc1oc(CC(C)C)c(C(=O)O)c1CN.Cl. The van der Waals surface area contributed by atoms with Gasteiger partial charge in [-0.05, 0) is 12.8 Å². The Kier molecular flexibility index (Phi) is 5.55. The first-order chi connectivity index (χ1) is 6.97. The molecule has 0 spiro atoms. The van der Waals surface area contributed by atoms with E-state index in [1.165, 1.54) is 0 Å². The van der Waals surface area contributed by atoms with Crippen LogP contribution in [0.5, 0.6) is 0 Å². The van der Waals surface area contributed by atoms with E-state index < -0.39 is 5.97 Å². The first-order valence-electron chi connectivity index (χ1n) is 5.01. The summed E-state index contributed by atoms with van der Waals surface area (Å²) in [6.07, 6.45) is 0.627. The Hall–Kier alpha value is -1.00. The molecule has 1 heterocycles. The number of furan rings is 1. The van der Waals surface area contributed by atoms with E-state index in [1.54, 1.807) is 6.92 Å². The fraction of sp³-hybridized carbons (Fsp3) is 0.545. The lowest BCUT2D eigenvalue weighted by Gasteiger charge is -2.02. The van der Waals surface area contributed by atoms with Crippen molar-refractivity contribution in [2.24, 2.45) is 11.7 Å². The van der Waals surface area contributed by atoms with E-state index in [2.05, 4.69) is 0 Å². The summed E-state index contributed by atoms with van der Waals surface area (Å²) in [5, 5.41) is 9.09. The molecule has 5 heteroatoms. The molecule has 1 aromatic heterocycles. The third-order valence-corrected chi connectivity index (χ3v) is 2.29. The minimum atomic E-state index is -0.956. The number of aromatic carboxylic acids is 1. The van der Waals surface area contributed by atoms with Gasteiger partial charge in [0, 0.05) is 18.5 Å². The molecule has 0 aliphatic heterocycles. The molecule has 0 saturated carbocycles. The summed E-state index contributed by atoms with van der Waals surface area (Å²) in [4.78, 5) is 11.1. The van der Waals surface area contributed by atoms with Crippen LogP contribution in [-0.4, -0.2) is 11.1 Å². The number of halogens is 1. The van der Waals surface area contributed by atoms with E-state index >= 15 is 0 Å². The average molecular weight is 248 g/mol. The number of rotatable bonds is 4. The number of nitrogens with two attached hydrogens (primary N) is 1. The Morgan fingerprint density at radius 2 is 2.06 bits per heavy atom. The maximum absolute atomic E-state index is 11.1. The maximum atomic E-state index is 11.1. The van der Waals surface area contributed by atoms with Crippen LogP contribution < -0.4 is 5.73 Å². The van der Waals surface area contributed by atoms with Crippen LogP contribution in [0, 0.1) is 12.8 Å². The summed E-state index contributed by atoms with van der Waals surface area (Å²) < 4.78 is 5.45. The Morgan fingerprint density at radius 3 is 2.44 bits per heavy atom. The number of carboxylic acids is 1. The van der Waals surface area contributed by atoms with Gasteiger partial charge < -0.3 is 15.3 Å². The Labute approximate surface area is 101 Å². The van der Waals surface area contributed by atoms with Crippen LogP contribution in [0.4, 0.5) is 0 Å². The second-order valence-electron chi connectivity index (χ2n) is 4.04. The minimum absolute atomic E-state index is 0. The lowest BCUT2D eigenvalue weighted by molar-refractivity contribution is 0.0693. The highest BCUT2D eigenvalue weighted by Crippen LogP contribution is 2.24. The summed E-state index contributed by atoms with van der Waals surface area (Å²) >= 11 is 0. The lowest BCUT2D eigenvalue weighted by atomic mass is 10.0. The standard InChI is InChI=1S/C11H17NO3.ClH/c1-6(2)4-9-10(11(13)14)8(5-12)7(3)15-9;/h6H,4-5,12H2,1-3H3,(H,13,14);1H. The molecular formula is C11H18ClNO3. The maximum Gasteiger partial charge on any atom is 0.339 e. The van der Waals surface area contributed by atoms with Crippen molar-refractivity contribution in [2.45, 2.75) is 33.7 Å². The molecule has 0 unspecified atom stereocenters. The molecule has 1 rings (SSSR count). The zero-order valence-corrected chi connectivity index (χ0v) is 10.6. The fourth-order valence-corrected chi connectivity index (χ4v) is 1.65. The van der Waals surface area contributed by atoms with Gasteiger partial charge in [-0.15, -0.1) is 12.4 Å². The smallest absolute Gasteiger partial charge is 0.339 e. The Bertz CT molecular complexity index is 372. The van der Waals surface area contributed by atoms with E-state index in [4.69, 9.17) is 15.3 Å². The molecule has 16 heavy (non-hydrogen) atoms. The monoisotopic (exact) mass is 247 g/mol. The van der Waals surface area contributed by atoms with Crippen LogP contribution in [0.2, 0.25) is 0 Å². The first-order valence-corrected chi connectivity index (χ1v) is 5.01. The van der Waals surface area contributed by atoms with Gasteiger partial charge in [0.25, 0.3) is 0 Å². The average Bonchev–Trinajstić information content (AvgIpc) is 2.40. The molecule has 92 valence electrons. The van der Waals surface area contributed by atoms with Crippen molar-refractivity contribution in [2.75, 3.05) is 0 Å². The van der Waals surface area contributed by atoms with Crippen molar-refractivity contribution in [1.82, 2.24) is 0 Å². The third kappa shape index (κ3) is 3.00. The molecule has 0 saturated heterocycles. The molecule has 0 radical (unpaired) electrons. The zero-order chi connectivity index (χ0) is 11.6. The number of carbonyl (C=O) groups is 1. The van der Waals surface area contributed by atoms with Gasteiger partial charge in [-0.2, -0.15) is 0 Å². The number of aryl methyl sites for hydroxylation is 1. The molecule has 0 fully saturated rings. The highest BCUT2D eigenvalue weighted by atomic mass is 35.5. The van der Waals surface area contributed by atoms with E-state index in [9.17, 15) is 4.79 Å². The van der Waals surface area contributed by atoms with Crippen molar-refractivity contribution in [3.63, 3.8) is 0 Å². The van der Waals surface area contributed by atoms with Gasteiger partial charge >= 0.3 is 5.97 Å². The number of hydrogen-bond acceptors (Lipinski definition) is 3. The van der Waals surface area contributed by atoms with Gasteiger partial charge in [-0.1, -0.05) is 13.8 Å². The summed E-state index contributed by atoms with van der Waals surface area (Å²) in [7, 11) is 0. The van der Waals surface area contributed by atoms with Crippen molar-refractivity contribution >= 4 is 18.4 Å². The molecule has 3 N–H and O–H groups in total. The second-order valence-corrected chi connectivity index (χ2v) is 4.04. The van der Waals surface area contributed by atoms with Gasteiger partial charge in [0.1, 0.15) is 17.1 Å². The largest absolute Gasteiger partial charge is 0.478 e. The second kappa shape index (κ2) is 5.92. The molecule has 0 aliphatic carbocycles. The predicted molar refractivity (Wildman–Crippen MR) is 64.1 cm³/mol. The van der Waals surface area contributed by atoms with E-state index in [0.717, 1.165) is 0 Å². The summed E-state index contributed by atoms with van der Waals surface area (Å²) in [5.41, 5.74) is 6.37. The molecular weight excluding hydrogens is 230 g/mol. The van der Waals surface area contributed by atoms with Crippen LogP contribution in [0.15, 0.2) is 4.42 Å². The zero-order valence-electron chi connectivity index (χ0n) is 9.74. The number of carboxylic acid groups (broad SMARTS) is 1. The van der Waals surface area contributed by atoms with Crippen LogP contribution in [-0.2, 0) is 13.0 Å². The van der Waals surface area contributed by atoms with Gasteiger partial charge in [0.2, 0.25) is 0 Å². The van der Waals surface area contributed by atoms with Crippen LogP contribution in [0.25, 0.3) is 0 Å². The Balaban J connectivity index is 0.00000225. The summed E-state index contributed by atoms with van der Waals surface area (Å²) in [6.45, 7) is 5.99. The van der Waals surface area contributed by atoms with Gasteiger partial charge in [0.15, 0.2) is 0 Å². The molecule has 4 nitrogen and oxygen atoms in total. The highest BCUT2D eigenvalue weighted by Gasteiger charge is 2.22. The van der Waals surface area contributed by atoms with Crippen LogP contribution in [0.1, 0.15) is 41.3 Å². The topological polar surface area (TPSA) is 76.5 Å². The predicted octanol–water partition coefficient (Wildman–Crippen LogP) is 2.37. The minimum Gasteiger partial charge on any atom is -0.478 e. The van der Waals surface area contributed by atoms with E-state index in [-0.39, 0.29) is 24.5 Å². The summed E-state index contributed by atoms with van der Waals surface area (Å²) in [6, 6.07) is 0. The molecule has 0 bridgehead atoms. The van der Waals surface area contributed by atoms with Gasteiger partial charge in [-0.3, -0.25) is 0 Å². The number of hydrogen-bond donors (Lipinski definition) is 2. The van der Waals surface area contributed by atoms with Crippen molar-refractivity contribution in [3.05, 3.63) is 22.6 Å². The first kappa shape index (κ1) is 15.0. The van der Waals surface area contributed by atoms with Gasteiger partial charge in [-0.25, -0.2) is 4.79 Å². The van der Waals surface area contributed by atoms with Crippen molar-refractivity contribution in [3.8, 4) is 0 Å².